The number of aryl methyl sites for hydroxylation is 3. The van der Waals surface area contributed by atoms with Crippen molar-refractivity contribution in [2.75, 3.05) is 10.7 Å². The molecule has 5 rings (SSSR count). The molecule has 3 aromatic rings. The number of rotatable bonds is 3. The maximum Gasteiger partial charge on any atom is 0.237 e. The van der Waals surface area contributed by atoms with Crippen molar-refractivity contribution >= 4 is 44.9 Å². The van der Waals surface area contributed by atoms with E-state index < -0.39 is 0 Å². The Labute approximate surface area is 173 Å². The van der Waals surface area contributed by atoms with Gasteiger partial charge in [0.25, 0.3) is 0 Å². The maximum absolute atomic E-state index is 13.1. The van der Waals surface area contributed by atoms with Gasteiger partial charge in [-0.25, -0.2) is 9.97 Å². The summed E-state index contributed by atoms with van der Waals surface area (Å²) in [6, 6.07) is 8.46. The maximum atomic E-state index is 13.1. The smallest absolute Gasteiger partial charge is 0.237 e. The van der Waals surface area contributed by atoms with Crippen LogP contribution in [-0.4, -0.2) is 27.7 Å². The molecule has 1 amide bonds. The largest absolute Gasteiger partial charge is 0.308 e. The first-order valence-electron chi connectivity index (χ1n) is 9.93. The molecule has 0 spiro atoms. The number of thioether (sulfide) groups is 1. The molecule has 1 atom stereocenters. The van der Waals surface area contributed by atoms with Gasteiger partial charge in [0.2, 0.25) is 5.91 Å². The van der Waals surface area contributed by atoms with Crippen LogP contribution in [0, 0.1) is 6.92 Å². The molecule has 0 saturated heterocycles. The summed E-state index contributed by atoms with van der Waals surface area (Å²) in [4.78, 5) is 27.1. The first-order valence-corrected chi connectivity index (χ1v) is 11.7. The number of benzene rings is 1. The predicted octanol–water partition coefficient (Wildman–Crippen LogP) is 4.95. The fraction of sp³-hybridized carbons (Fsp3) is 0.409. The zero-order valence-corrected chi connectivity index (χ0v) is 17.8. The van der Waals surface area contributed by atoms with Gasteiger partial charge in [0, 0.05) is 22.0 Å². The van der Waals surface area contributed by atoms with E-state index in [4.69, 9.17) is 4.98 Å². The summed E-state index contributed by atoms with van der Waals surface area (Å²) in [5.74, 6) is 1.37. The fourth-order valence-corrected chi connectivity index (χ4v) is 6.81. The van der Waals surface area contributed by atoms with E-state index in [0.29, 0.717) is 5.75 Å². The van der Waals surface area contributed by atoms with Crippen LogP contribution in [0.25, 0.3) is 10.2 Å². The Morgan fingerprint density at radius 3 is 2.96 bits per heavy atom. The highest BCUT2D eigenvalue weighted by molar-refractivity contribution is 8.00. The van der Waals surface area contributed by atoms with E-state index in [-0.39, 0.29) is 11.9 Å². The van der Waals surface area contributed by atoms with Crippen molar-refractivity contribution in [3.63, 3.8) is 0 Å². The molecule has 4 nitrogen and oxygen atoms in total. The van der Waals surface area contributed by atoms with Crippen molar-refractivity contribution < 1.29 is 4.79 Å². The number of nitrogens with zero attached hydrogens (tertiary/aromatic N) is 3. The Bertz CT molecular complexity index is 1080. The third-order valence-electron chi connectivity index (χ3n) is 5.70. The summed E-state index contributed by atoms with van der Waals surface area (Å²) in [6.07, 6.45) is 5.69. The molecule has 2 aromatic heterocycles. The molecule has 0 saturated carbocycles. The zero-order chi connectivity index (χ0) is 19.3. The number of amides is 1. The highest BCUT2D eigenvalue weighted by Crippen LogP contribution is 2.40. The number of anilines is 1. The van der Waals surface area contributed by atoms with Gasteiger partial charge < -0.3 is 4.90 Å². The van der Waals surface area contributed by atoms with E-state index in [0.717, 1.165) is 40.6 Å². The van der Waals surface area contributed by atoms with Crippen molar-refractivity contribution in [3.05, 3.63) is 46.1 Å². The summed E-state index contributed by atoms with van der Waals surface area (Å²) in [5.41, 5.74) is 3.76. The Morgan fingerprint density at radius 1 is 1.25 bits per heavy atom. The van der Waals surface area contributed by atoms with E-state index in [1.54, 1.807) is 11.8 Å². The van der Waals surface area contributed by atoms with Crippen LogP contribution < -0.4 is 4.90 Å². The number of hydrogen-bond donors (Lipinski definition) is 0. The lowest BCUT2D eigenvalue weighted by atomic mass is 9.97. The van der Waals surface area contributed by atoms with Crippen LogP contribution >= 0.6 is 23.1 Å². The normalized spacial score (nSPS) is 18.4. The standard InChI is InChI=1S/C22H23N3OS2/c1-13-11-15-7-3-5-9-17(15)25(13)19(26)12-27-21-20-16-8-4-6-10-18(16)28-22(20)24-14(2)23-21/h3,5,7,9,13H,4,6,8,10-12H2,1-2H3/t13-/m0/s1. The van der Waals surface area contributed by atoms with Crippen molar-refractivity contribution in [2.45, 2.75) is 57.0 Å². The molecule has 6 heteroatoms. The summed E-state index contributed by atoms with van der Waals surface area (Å²) in [6.45, 7) is 4.08. The molecule has 0 N–H and O–H groups in total. The number of hydrogen-bond acceptors (Lipinski definition) is 5. The summed E-state index contributed by atoms with van der Waals surface area (Å²) in [7, 11) is 0. The number of para-hydroxylation sites is 1. The van der Waals surface area contributed by atoms with E-state index in [1.165, 1.54) is 34.2 Å². The molecule has 1 aliphatic heterocycles. The second kappa shape index (κ2) is 7.16. The number of carbonyl (C=O) groups excluding carboxylic acids is 1. The van der Waals surface area contributed by atoms with Gasteiger partial charge in [-0.05, 0) is 63.1 Å². The molecule has 0 radical (unpaired) electrons. The molecule has 0 unspecified atom stereocenters. The Morgan fingerprint density at radius 2 is 2.07 bits per heavy atom. The van der Waals surface area contributed by atoms with Gasteiger partial charge >= 0.3 is 0 Å². The van der Waals surface area contributed by atoms with Gasteiger partial charge in [0.15, 0.2) is 0 Å². The van der Waals surface area contributed by atoms with Gasteiger partial charge in [-0.1, -0.05) is 30.0 Å². The average Bonchev–Trinajstić information content (AvgIpc) is 3.22. The van der Waals surface area contributed by atoms with Crippen LogP contribution in [0.1, 0.15) is 41.6 Å². The fourth-order valence-electron chi connectivity index (χ4n) is 4.48. The topological polar surface area (TPSA) is 46.1 Å². The zero-order valence-electron chi connectivity index (χ0n) is 16.2. The first-order chi connectivity index (χ1) is 13.6. The van der Waals surface area contributed by atoms with Crippen molar-refractivity contribution in [1.82, 2.24) is 9.97 Å². The lowest BCUT2D eigenvalue weighted by Crippen LogP contribution is -2.37. The van der Waals surface area contributed by atoms with Gasteiger partial charge in [0.1, 0.15) is 15.7 Å². The number of aromatic nitrogens is 2. The van der Waals surface area contributed by atoms with E-state index >= 15 is 0 Å². The van der Waals surface area contributed by atoms with Crippen LogP contribution in [-0.2, 0) is 24.1 Å². The molecular formula is C22H23N3OS2. The minimum Gasteiger partial charge on any atom is -0.308 e. The Kier molecular flexibility index (Phi) is 4.63. The molecule has 28 heavy (non-hydrogen) atoms. The van der Waals surface area contributed by atoms with E-state index in [9.17, 15) is 4.79 Å². The second-order valence-corrected chi connectivity index (χ2v) is 9.75. The summed E-state index contributed by atoms with van der Waals surface area (Å²) in [5, 5.41) is 2.19. The van der Waals surface area contributed by atoms with Crippen LogP contribution in [0.15, 0.2) is 29.3 Å². The SMILES string of the molecule is Cc1nc(SCC(=O)N2c3ccccc3C[C@@H]2C)c2c3c(sc2n1)CCCC3. The van der Waals surface area contributed by atoms with Crippen LogP contribution in [0.3, 0.4) is 0 Å². The van der Waals surface area contributed by atoms with Crippen molar-refractivity contribution in [3.8, 4) is 0 Å². The lowest BCUT2D eigenvalue weighted by Gasteiger charge is -2.22. The predicted molar refractivity (Wildman–Crippen MR) is 117 cm³/mol. The van der Waals surface area contributed by atoms with Crippen LogP contribution in [0.5, 0.6) is 0 Å². The molecular weight excluding hydrogens is 386 g/mol. The highest BCUT2D eigenvalue weighted by Gasteiger charge is 2.30. The van der Waals surface area contributed by atoms with E-state index in [2.05, 4.69) is 24.0 Å². The minimum atomic E-state index is 0.163. The monoisotopic (exact) mass is 409 g/mol. The quantitative estimate of drug-likeness (QED) is 0.454. The highest BCUT2D eigenvalue weighted by atomic mass is 32.2. The third kappa shape index (κ3) is 3.03. The molecule has 0 fully saturated rings. The van der Waals surface area contributed by atoms with Gasteiger partial charge in [-0.15, -0.1) is 11.3 Å². The molecule has 1 aromatic carbocycles. The molecule has 1 aliphatic carbocycles. The Hall–Kier alpha value is -1.92. The average molecular weight is 410 g/mol. The third-order valence-corrected chi connectivity index (χ3v) is 7.85. The molecule has 2 aliphatic rings. The van der Waals surface area contributed by atoms with Gasteiger partial charge in [0.05, 0.1) is 5.75 Å². The molecule has 144 valence electrons. The first kappa shape index (κ1) is 18.1. The van der Waals surface area contributed by atoms with Crippen LogP contribution in [0.2, 0.25) is 0 Å². The van der Waals surface area contributed by atoms with Gasteiger partial charge in [-0.2, -0.15) is 0 Å². The van der Waals surface area contributed by atoms with Crippen LogP contribution in [0.4, 0.5) is 5.69 Å². The summed E-state index contributed by atoms with van der Waals surface area (Å²) >= 11 is 3.40. The Balaban J connectivity index is 1.43. The van der Waals surface area contributed by atoms with E-state index in [1.807, 2.05) is 35.3 Å². The molecule has 0 bridgehead atoms. The van der Waals surface area contributed by atoms with Crippen molar-refractivity contribution in [1.29, 1.82) is 0 Å². The second-order valence-electron chi connectivity index (χ2n) is 7.70. The summed E-state index contributed by atoms with van der Waals surface area (Å²) < 4.78 is 0. The van der Waals surface area contributed by atoms with Gasteiger partial charge in [-0.3, -0.25) is 4.79 Å². The molecule has 3 heterocycles. The number of fused-ring (bicyclic) bond motifs is 4. The number of carbonyl (C=O) groups is 1. The number of thiophene rings is 1. The van der Waals surface area contributed by atoms with Crippen molar-refractivity contribution in [2.24, 2.45) is 0 Å². The minimum absolute atomic E-state index is 0.163. The lowest BCUT2D eigenvalue weighted by molar-refractivity contribution is -0.116.